The lowest BCUT2D eigenvalue weighted by Crippen LogP contribution is -2.48. The average Bonchev–Trinajstić information content (AvgIpc) is 3.00. The van der Waals surface area contributed by atoms with E-state index in [4.69, 9.17) is 0 Å². The highest BCUT2D eigenvalue weighted by atomic mass is 16.2. The molecule has 0 saturated carbocycles. The van der Waals surface area contributed by atoms with Gasteiger partial charge in [-0.3, -0.25) is 18.7 Å². The van der Waals surface area contributed by atoms with Gasteiger partial charge in [0.2, 0.25) is 5.91 Å². The van der Waals surface area contributed by atoms with Crippen LogP contribution in [0.1, 0.15) is 13.8 Å². The molecule has 0 atom stereocenters. The fourth-order valence-corrected chi connectivity index (χ4v) is 3.39. The van der Waals surface area contributed by atoms with Crippen LogP contribution in [0.25, 0.3) is 11.0 Å². The molecule has 0 radical (unpaired) electrons. The molecule has 3 rings (SSSR count). The molecule has 0 aromatic carbocycles. The van der Waals surface area contributed by atoms with Crippen molar-refractivity contribution in [1.29, 1.82) is 0 Å². The molecule has 8 heteroatoms. The molecule has 136 valence electrons. The largest absolute Gasteiger partial charge is 0.339 e. The Labute approximate surface area is 145 Å². The van der Waals surface area contributed by atoms with Crippen LogP contribution in [0, 0.1) is 0 Å². The highest BCUT2D eigenvalue weighted by Gasteiger charge is 2.21. The fourth-order valence-electron chi connectivity index (χ4n) is 3.39. The van der Waals surface area contributed by atoms with Crippen LogP contribution in [0.2, 0.25) is 0 Å². The first-order valence-corrected chi connectivity index (χ1v) is 8.76. The molecule has 1 aliphatic heterocycles. The van der Waals surface area contributed by atoms with Crippen molar-refractivity contribution in [3.8, 4) is 0 Å². The summed E-state index contributed by atoms with van der Waals surface area (Å²) in [6.07, 6.45) is 1.73. The third kappa shape index (κ3) is 3.02. The van der Waals surface area contributed by atoms with Gasteiger partial charge < -0.3 is 14.4 Å². The van der Waals surface area contributed by atoms with E-state index in [0.717, 1.165) is 13.1 Å². The van der Waals surface area contributed by atoms with Crippen LogP contribution in [0.3, 0.4) is 0 Å². The van der Waals surface area contributed by atoms with E-state index in [1.165, 1.54) is 4.57 Å². The maximum Gasteiger partial charge on any atom is 0.332 e. The lowest BCUT2D eigenvalue weighted by molar-refractivity contribution is -0.133. The van der Waals surface area contributed by atoms with Crippen LogP contribution in [-0.2, 0) is 24.4 Å². The third-order valence-corrected chi connectivity index (χ3v) is 4.92. The Morgan fingerprint density at radius 1 is 1.04 bits per heavy atom. The van der Waals surface area contributed by atoms with Gasteiger partial charge in [0.15, 0.2) is 0 Å². The number of amides is 1. The number of hydrogen-bond acceptors (Lipinski definition) is 4. The molecule has 0 spiro atoms. The molecule has 1 saturated heterocycles. The second-order valence-corrected chi connectivity index (χ2v) is 6.44. The predicted octanol–water partition coefficient (Wildman–Crippen LogP) is -0.221. The zero-order valence-corrected chi connectivity index (χ0v) is 15.1. The molecule has 2 aromatic rings. The zero-order chi connectivity index (χ0) is 18.1. The molecule has 0 bridgehead atoms. The van der Waals surface area contributed by atoms with E-state index in [9.17, 15) is 14.4 Å². The SMILES string of the molecule is CCn1c(=O)c2ccn(CC(=O)N3CCN(C)CC3)c2n(CC)c1=O. The second kappa shape index (κ2) is 6.87. The molecule has 25 heavy (non-hydrogen) atoms. The van der Waals surface area contributed by atoms with E-state index in [1.807, 2.05) is 18.9 Å². The van der Waals surface area contributed by atoms with Crippen molar-refractivity contribution >= 4 is 16.9 Å². The standard InChI is InChI=1S/C17H25N5O3/c1-4-21-15-13(16(24)22(5-2)17(21)25)6-7-20(15)12-14(23)19-10-8-18(3)9-11-19/h6-7H,4-5,8-12H2,1-3H3. The van der Waals surface area contributed by atoms with Gasteiger partial charge in [-0.1, -0.05) is 0 Å². The Balaban J connectivity index is 1.99. The number of aromatic nitrogens is 3. The van der Waals surface area contributed by atoms with E-state index in [0.29, 0.717) is 37.2 Å². The van der Waals surface area contributed by atoms with E-state index < -0.39 is 0 Å². The molecule has 0 N–H and O–H groups in total. The summed E-state index contributed by atoms with van der Waals surface area (Å²) >= 11 is 0. The van der Waals surface area contributed by atoms with Crippen molar-refractivity contribution in [2.45, 2.75) is 33.5 Å². The molecule has 1 amide bonds. The normalized spacial score (nSPS) is 15.9. The van der Waals surface area contributed by atoms with Gasteiger partial charge in [0.25, 0.3) is 5.56 Å². The van der Waals surface area contributed by atoms with Crippen molar-refractivity contribution in [2.24, 2.45) is 0 Å². The highest BCUT2D eigenvalue weighted by Crippen LogP contribution is 2.12. The Morgan fingerprint density at radius 3 is 2.28 bits per heavy atom. The third-order valence-electron chi connectivity index (χ3n) is 4.92. The molecular formula is C17H25N5O3. The van der Waals surface area contributed by atoms with Gasteiger partial charge in [-0.05, 0) is 27.0 Å². The van der Waals surface area contributed by atoms with Gasteiger partial charge in [-0.2, -0.15) is 0 Å². The lowest BCUT2D eigenvalue weighted by Gasteiger charge is -2.32. The number of carbonyl (C=O) groups is 1. The first-order valence-electron chi connectivity index (χ1n) is 8.76. The Kier molecular flexibility index (Phi) is 4.80. The van der Waals surface area contributed by atoms with Gasteiger partial charge in [0, 0.05) is 45.5 Å². The molecule has 0 aliphatic carbocycles. The van der Waals surface area contributed by atoms with Gasteiger partial charge in [0.05, 0.1) is 5.39 Å². The molecule has 0 unspecified atom stereocenters. The van der Waals surface area contributed by atoms with Crippen molar-refractivity contribution in [3.63, 3.8) is 0 Å². The first kappa shape index (κ1) is 17.5. The summed E-state index contributed by atoms with van der Waals surface area (Å²) in [5.74, 6) is 0.0142. The number of fused-ring (bicyclic) bond motifs is 1. The van der Waals surface area contributed by atoms with Crippen molar-refractivity contribution in [1.82, 2.24) is 23.5 Å². The number of likely N-dealkylation sites (N-methyl/N-ethyl adjacent to an activating group) is 1. The summed E-state index contributed by atoms with van der Waals surface area (Å²) in [5, 5.41) is 0.481. The van der Waals surface area contributed by atoms with Crippen molar-refractivity contribution in [3.05, 3.63) is 33.1 Å². The quantitative estimate of drug-likeness (QED) is 0.766. The summed E-state index contributed by atoms with van der Waals surface area (Å²) < 4.78 is 4.53. The minimum Gasteiger partial charge on any atom is -0.339 e. The molecule has 8 nitrogen and oxygen atoms in total. The summed E-state index contributed by atoms with van der Waals surface area (Å²) in [6, 6.07) is 1.70. The Hall–Kier alpha value is -2.35. The monoisotopic (exact) mass is 347 g/mol. The number of piperazine rings is 1. The number of nitrogens with zero attached hydrogens (tertiary/aromatic N) is 5. The first-order chi connectivity index (χ1) is 12.0. The van der Waals surface area contributed by atoms with Gasteiger partial charge in [-0.25, -0.2) is 4.79 Å². The zero-order valence-electron chi connectivity index (χ0n) is 15.1. The maximum atomic E-state index is 12.6. The number of hydrogen-bond donors (Lipinski definition) is 0. The van der Waals surface area contributed by atoms with Gasteiger partial charge >= 0.3 is 5.69 Å². The van der Waals surface area contributed by atoms with Gasteiger partial charge in [-0.15, -0.1) is 0 Å². The topological polar surface area (TPSA) is 72.5 Å². The van der Waals surface area contributed by atoms with Crippen LogP contribution in [0.5, 0.6) is 0 Å². The van der Waals surface area contributed by atoms with E-state index in [-0.39, 0.29) is 23.7 Å². The Bertz CT molecular complexity index is 899. The van der Waals surface area contributed by atoms with E-state index >= 15 is 0 Å². The van der Waals surface area contributed by atoms with E-state index in [1.54, 1.807) is 28.3 Å². The highest BCUT2D eigenvalue weighted by molar-refractivity contribution is 5.81. The predicted molar refractivity (Wildman–Crippen MR) is 95.9 cm³/mol. The van der Waals surface area contributed by atoms with Crippen molar-refractivity contribution < 1.29 is 4.79 Å². The van der Waals surface area contributed by atoms with Crippen LogP contribution in [0.15, 0.2) is 21.9 Å². The minimum atomic E-state index is -0.325. The van der Waals surface area contributed by atoms with Crippen LogP contribution in [0.4, 0.5) is 0 Å². The maximum absolute atomic E-state index is 12.6. The van der Waals surface area contributed by atoms with Gasteiger partial charge in [0.1, 0.15) is 12.2 Å². The summed E-state index contributed by atoms with van der Waals surface area (Å²) in [4.78, 5) is 41.7. The van der Waals surface area contributed by atoms with Crippen LogP contribution < -0.4 is 11.2 Å². The number of carbonyl (C=O) groups excluding carboxylic acids is 1. The number of rotatable bonds is 4. The van der Waals surface area contributed by atoms with Crippen LogP contribution >= 0.6 is 0 Å². The summed E-state index contributed by atoms with van der Waals surface area (Å²) in [7, 11) is 2.04. The molecule has 3 heterocycles. The smallest absolute Gasteiger partial charge is 0.332 e. The van der Waals surface area contributed by atoms with Crippen molar-refractivity contribution in [2.75, 3.05) is 33.2 Å². The second-order valence-electron chi connectivity index (χ2n) is 6.44. The summed E-state index contributed by atoms with van der Waals surface area (Å²) in [5.41, 5.74) is -0.0860. The van der Waals surface area contributed by atoms with Crippen LogP contribution in [-0.4, -0.2) is 62.6 Å². The summed E-state index contributed by atoms with van der Waals surface area (Å²) in [6.45, 7) is 7.70. The molecular weight excluding hydrogens is 322 g/mol. The molecule has 1 aliphatic rings. The molecule has 1 fully saturated rings. The minimum absolute atomic E-state index is 0.0142. The molecule has 2 aromatic heterocycles. The number of aryl methyl sites for hydroxylation is 1. The lowest BCUT2D eigenvalue weighted by atomic mass is 10.3. The van der Waals surface area contributed by atoms with E-state index in [2.05, 4.69) is 4.90 Å². The average molecular weight is 347 g/mol. The fraction of sp³-hybridized carbons (Fsp3) is 0.588. The Morgan fingerprint density at radius 2 is 1.68 bits per heavy atom.